The largest absolute Gasteiger partial charge is 0.192 e. The molecule has 0 bridgehead atoms. The lowest BCUT2D eigenvalue weighted by atomic mass is 9.94. The molecule has 1 rings (SSSR count). The Bertz CT molecular complexity index is 620. The Morgan fingerprint density at radius 3 is 2.20 bits per heavy atom. The lowest BCUT2D eigenvalue weighted by Crippen LogP contribution is -1.92. The summed E-state index contributed by atoms with van der Waals surface area (Å²) in [6.45, 7) is 14.6. The van der Waals surface area contributed by atoms with Crippen LogP contribution in [0, 0.1) is 22.7 Å². The van der Waals surface area contributed by atoms with Crippen molar-refractivity contribution in [1.82, 2.24) is 0 Å². The second-order valence-corrected chi connectivity index (χ2v) is 3.82. The Balaban J connectivity index is 0.00000110. The molecule has 100 valence electrons. The first-order valence-electron chi connectivity index (χ1n) is 6.09. The Hall–Kier alpha value is -2.84. The predicted octanol–water partition coefficient (Wildman–Crippen LogP) is 4.88. The van der Waals surface area contributed by atoms with Crippen LogP contribution >= 0.6 is 0 Å². The van der Waals surface area contributed by atoms with Gasteiger partial charge in [0.05, 0.1) is 23.3 Å². The number of rotatable bonds is 3. The van der Waals surface area contributed by atoms with Crippen molar-refractivity contribution < 1.29 is 0 Å². The Morgan fingerprint density at radius 1 is 1.20 bits per heavy atom. The molecule has 1 aromatic carbocycles. The van der Waals surface area contributed by atoms with Gasteiger partial charge in [-0.15, -0.1) is 6.58 Å². The zero-order chi connectivity index (χ0) is 15.5. The third-order valence-electron chi connectivity index (χ3n) is 2.46. The van der Waals surface area contributed by atoms with Crippen molar-refractivity contribution in [2.45, 2.75) is 13.8 Å². The van der Waals surface area contributed by atoms with Gasteiger partial charge in [0.15, 0.2) is 0 Å². The maximum Gasteiger partial charge on any atom is 0.0998 e. The fraction of sp³-hybridized carbons (Fsp3) is 0.111. The van der Waals surface area contributed by atoms with Crippen LogP contribution in [-0.2, 0) is 0 Å². The molecule has 2 heteroatoms. The standard InChI is InChI=1S/C15H12N2.C3H6/c1-4-12-6-7-14(10-17)15(8-12)11(3)13(5-2)9-16;1-3-2/h4-8H,1,3H2,2H3;3H,1H2,2H3/b13-5-;. The van der Waals surface area contributed by atoms with Gasteiger partial charge >= 0.3 is 0 Å². The molecule has 0 atom stereocenters. The maximum atomic E-state index is 9.04. The van der Waals surface area contributed by atoms with Crippen LogP contribution in [0.3, 0.4) is 0 Å². The minimum Gasteiger partial charge on any atom is -0.192 e. The van der Waals surface area contributed by atoms with Crippen LogP contribution in [0.25, 0.3) is 11.6 Å². The number of benzene rings is 1. The van der Waals surface area contributed by atoms with E-state index in [0.717, 1.165) is 5.56 Å². The van der Waals surface area contributed by atoms with E-state index in [9.17, 15) is 0 Å². The van der Waals surface area contributed by atoms with Gasteiger partial charge < -0.3 is 0 Å². The first-order chi connectivity index (χ1) is 9.59. The molecule has 0 aliphatic rings. The van der Waals surface area contributed by atoms with E-state index >= 15 is 0 Å². The van der Waals surface area contributed by atoms with Gasteiger partial charge in [0.25, 0.3) is 0 Å². The van der Waals surface area contributed by atoms with Gasteiger partial charge in [-0.3, -0.25) is 0 Å². The molecule has 0 aliphatic carbocycles. The molecule has 0 aromatic heterocycles. The van der Waals surface area contributed by atoms with Crippen LogP contribution in [0.1, 0.15) is 30.5 Å². The van der Waals surface area contributed by atoms with Crippen molar-refractivity contribution in [2.24, 2.45) is 0 Å². The molecule has 2 nitrogen and oxygen atoms in total. The third kappa shape index (κ3) is 4.44. The Labute approximate surface area is 121 Å². The summed E-state index contributed by atoms with van der Waals surface area (Å²) >= 11 is 0. The highest BCUT2D eigenvalue weighted by Crippen LogP contribution is 2.25. The summed E-state index contributed by atoms with van der Waals surface area (Å²) in [6.07, 6.45) is 5.13. The summed E-state index contributed by atoms with van der Waals surface area (Å²) in [5, 5.41) is 18.0. The average molecular weight is 262 g/mol. The van der Waals surface area contributed by atoms with E-state index in [-0.39, 0.29) is 0 Å². The van der Waals surface area contributed by atoms with Crippen molar-refractivity contribution in [1.29, 1.82) is 10.5 Å². The molecule has 0 amide bonds. The molecule has 20 heavy (non-hydrogen) atoms. The van der Waals surface area contributed by atoms with Gasteiger partial charge in [0.1, 0.15) is 0 Å². The minimum absolute atomic E-state index is 0.475. The number of hydrogen-bond acceptors (Lipinski definition) is 2. The van der Waals surface area contributed by atoms with Crippen LogP contribution in [0.15, 0.2) is 55.7 Å². The molecule has 0 saturated heterocycles. The lowest BCUT2D eigenvalue weighted by molar-refractivity contribution is 1.44. The molecule has 0 aliphatic heterocycles. The number of allylic oxidation sites excluding steroid dienone is 4. The lowest BCUT2D eigenvalue weighted by Gasteiger charge is -2.07. The van der Waals surface area contributed by atoms with E-state index < -0.39 is 0 Å². The van der Waals surface area contributed by atoms with E-state index in [1.54, 1.807) is 31.2 Å². The summed E-state index contributed by atoms with van der Waals surface area (Å²) in [5.74, 6) is 0. The zero-order valence-corrected chi connectivity index (χ0v) is 12.0. The van der Waals surface area contributed by atoms with Crippen molar-refractivity contribution in [2.75, 3.05) is 0 Å². The highest BCUT2D eigenvalue weighted by Gasteiger charge is 2.09. The van der Waals surface area contributed by atoms with Gasteiger partial charge in [-0.05, 0) is 37.1 Å². The fourth-order valence-electron chi connectivity index (χ4n) is 1.49. The molecule has 0 radical (unpaired) electrons. The third-order valence-corrected chi connectivity index (χ3v) is 2.46. The zero-order valence-electron chi connectivity index (χ0n) is 12.0. The van der Waals surface area contributed by atoms with E-state index in [0.29, 0.717) is 22.3 Å². The topological polar surface area (TPSA) is 47.6 Å². The second kappa shape index (κ2) is 9.14. The first-order valence-corrected chi connectivity index (χ1v) is 6.09. The molecule has 0 unspecified atom stereocenters. The van der Waals surface area contributed by atoms with Crippen molar-refractivity contribution in [3.63, 3.8) is 0 Å². The van der Waals surface area contributed by atoms with Crippen molar-refractivity contribution >= 4 is 11.6 Å². The van der Waals surface area contributed by atoms with E-state index in [1.807, 2.05) is 19.1 Å². The Morgan fingerprint density at radius 2 is 1.80 bits per heavy atom. The summed E-state index contributed by atoms with van der Waals surface area (Å²) in [4.78, 5) is 0. The van der Waals surface area contributed by atoms with Crippen LogP contribution < -0.4 is 0 Å². The number of nitriles is 2. The molecule has 0 N–H and O–H groups in total. The van der Waals surface area contributed by atoms with Crippen molar-refractivity contribution in [3.8, 4) is 12.1 Å². The van der Waals surface area contributed by atoms with Gasteiger partial charge in [0.2, 0.25) is 0 Å². The minimum atomic E-state index is 0.475. The van der Waals surface area contributed by atoms with Crippen LogP contribution in [0.2, 0.25) is 0 Å². The average Bonchev–Trinajstić information content (AvgIpc) is 2.48. The molecule has 0 heterocycles. The smallest absolute Gasteiger partial charge is 0.0998 e. The normalized spacial score (nSPS) is 9.30. The van der Waals surface area contributed by atoms with Crippen LogP contribution in [0.4, 0.5) is 0 Å². The quantitative estimate of drug-likeness (QED) is 0.443. The molecule has 0 saturated carbocycles. The fourth-order valence-corrected chi connectivity index (χ4v) is 1.49. The van der Waals surface area contributed by atoms with Gasteiger partial charge in [-0.2, -0.15) is 10.5 Å². The van der Waals surface area contributed by atoms with E-state index in [2.05, 4.69) is 31.9 Å². The van der Waals surface area contributed by atoms with Crippen LogP contribution in [0.5, 0.6) is 0 Å². The molecule has 0 spiro atoms. The highest BCUT2D eigenvalue weighted by atomic mass is 14.3. The summed E-state index contributed by atoms with van der Waals surface area (Å²) < 4.78 is 0. The molecule has 1 aromatic rings. The van der Waals surface area contributed by atoms with Gasteiger partial charge in [0, 0.05) is 5.56 Å². The summed E-state index contributed by atoms with van der Waals surface area (Å²) in [5.41, 5.74) is 3.13. The predicted molar refractivity (Wildman–Crippen MR) is 85.5 cm³/mol. The molecular weight excluding hydrogens is 244 g/mol. The SMILES string of the molecule is C=CC.C=Cc1ccc(C#N)c(C(=C)/C(C#N)=C\C)c1. The van der Waals surface area contributed by atoms with Crippen molar-refractivity contribution in [3.05, 3.63) is 72.4 Å². The van der Waals surface area contributed by atoms with E-state index in [4.69, 9.17) is 10.5 Å². The second-order valence-electron chi connectivity index (χ2n) is 3.82. The monoisotopic (exact) mass is 262 g/mol. The van der Waals surface area contributed by atoms with E-state index in [1.165, 1.54) is 0 Å². The van der Waals surface area contributed by atoms with Gasteiger partial charge in [-0.1, -0.05) is 37.5 Å². The first kappa shape index (κ1) is 17.2. The maximum absolute atomic E-state index is 9.04. The number of hydrogen-bond donors (Lipinski definition) is 0. The molecule has 0 fully saturated rings. The number of nitrogens with zero attached hydrogens (tertiary/aromatic N) is 2. The summed E-state index contributed by atoms with van der Waals surface area (Å²) in [7, 11) is 0. The van der Waals surface area contributed by atoms with Crippen LogP contribution in [-0.4, -0.2) is 0 Å². The van der Waals surface area contributed by atoms with Gasteiger partial charge in [-0.25, -0.2) is 0 Å². The summed E-state index contributed by atoms with van der Waals surface area (Å²) in [6, 6.07) is 9.50. The molecular formula is C18H18N2. The Kier molecular flexibility index (Phi) is 7.84. The highest BCUT2D eigenvalue weighted by molar-refractivity contribution is 5.84.